The first kappa shape index (κ1) is 17.0. The van der Waals surface area contributed by atoms with E-state index in [4.69, 9.17) is 4.74 Å². The molecule has 3 rings (SSSR count). The fraction of sp³-hybridized carbons (Fsp3) is 0.174. The SMILES string of the molecule is CC(C)(C)c1ccc(OC(=O)c2ccccc2)c(-c2ccccc2)c1. The number of hydrogen-bond donors (Lipinski definition) is 0. The molecule has 2 nitrogen and oxygen atoms in total. The normalized spacial score (nSPS) is 11.2. The van der Waals surface area contributed by atoms with Crippen molar-refractivity contribution in [3.05, 3.63) is 90.0 Å². The summed E-state index contributed by atoms with van der Waals surface area (Å²) in [6, 6.07) is 25.1. The summed E-state index contributed by atoms with van der Waals surface area (Å²) >= 11 is 0. The maximum absolute atomic E-state index is 12.5. The zero-order chi connectivity index (χ0) is 17.9. The molecule has 0 bridgehead atoms. The zero-order valence-corrected chi connectivity index (χ0v) is 14.8. The molecule has 0 radical (unpaired) electrons. The number of esters is 1. The highest BCUT2D eigenvalue weighted by molar-refractivity contribution is 5.92. The number of carbonyl (C=O) groups is 1. The van der Waals surface area contributed by atoms with E-state index in [9.17, 15) is 4.79 Å². The van der Waals surface area contributed by atoms with E-state index in [2.05, 4.69) is 26.8 Å². The molecule has 0 saturated heterocycles. The maximum atomic E-state index is 12.5. The summed E-state index contributed by atoms with van der Waals surface area (Å²) in [7, 11) is 0. The van der Waals surface area contributed by atoms with Gasteiger partial charge in [0.05, 0.1) is 5.56 Å². The Bertz CT molecular complexity index is 860. The van der Waals surface area contributed by atoms with Crippen LogP contribution in [0, 0.1) is 0 Å². The minimum Gasteiger partial charge on any atom is -0.422 e. The molecule has 0 spiro atoms. The van der Waals surface area contributed by atoms with Crippen LogP contribution in [-0.2, 0) is 5.41 Å². The molecule has 0 saturated carbocycles. The summed E-state index contributed by atoms with van der Waals surface area (Å²) in [6.07, 6.45) is 0. The van der Waals surface area contributed by atoms with Crippen LogP contribution in [0.3, 0.4) is 0 Å². The third-order valence-corrected chi connectivity index (χ3v) is 4.14. The van der Waals surface area contributed by atoms with Gasteiger partial charge in [-0.05, 0) is 40.8 Å². The summed E-state index contributed by atoms with van der Waals surface area (Å²) in [5.41, 5.74) is 3.72. The maximum Gasteiger partial charge on any atom is 0.343 e. The Labute approximate surface area is 149 Å². The summed E-state index contributed by atoms with van der Waals surface area (Å²) in [5, 5.41) is 0. The van der Waals surface area contributed by atoms with Crippen LogP contribution in [0.5, 0.6) is 5.75 Å². The molecule has 0 aromatic heterocycles. The summed E-state index contributed by atoms with van der Waals surface area (Å²) in [4.78, 5) is 12.5. The molecule has 0 amide bonds. The van der Waals surface area contributed by atoms with Crippen LogP contribution in [0.2, 0.25) is 0 Å². The van der Waals surface area contributed by atoms with E-state index >= 15 is 0 Å². The summed E-state index contributed by atoms with van der Waals surface area (Å²) in [6.45, 7) is 6.52. The van der Waals surface area contributed by atoms with Crippen molar-refractivity contribution >= 4 is 5.97 Å². The second kappa shape index (κ2) is 6.94. The molecule has 25 heavy (non-hydrogen) atoms. The lowest BCUT2D eigenvalue weighted by Crippen LogP contribution is -2.13. The Morgan fingerprint density at radius 1 is 0.800 bits per heavy atom. The lowest BCUT2D eigenvalue weighted by atomic mass is 9.85. The van der Waals surface area contributed by atoms with E-state index in [1.165, 1.54) is 5.56 Å². The van der Waals surface area contributed by atoms with E-state index in [1.807, 2.05) is 60.7 Å². The molecule has 3 aromatic carbocycles. The first-order valence-corrected chi connectivity index (χ1v) is 8.42. The van der Waals surface area contributed by atoms with E-state index in [0.717, 1.165) is 11.1 Å². The van der Waals surface area contributed by atoms with Gasteiger partial charge in [0.2, 0.25) is 0 Å². The van der Waals surface area contributed by atoms with Crippen molar-refractivity contribution in [3.8, 4) is 16.9 Å². The van der Waals surface area contributed by atoms with Crippen LogP contribution in [0.25, 0.3) is 11.1 Å². The number of rotatable bonds is 3. The van der Waals surface area contributed by atoms with Gasteiger partial charge in [-0.25, -0.2) is 4.79 Å². The largest absolute Gasteiger partial charge is 0.422 e. The Balaban J connectivity index is 2.02. The average Bonchev–Trinajstić information content (AvgIpc) is 2.62. The minimum absolute atomic E-state index is 0.0193. The lowest BCUT2D eigenvalue weighted by Gasteiger charge is -2.21. The highest BCUT2D eigenvalue weighted by atomic mass is 16.5. The average molecular weight is 330 g/mol. The topological polar surface area (TPSA) is 26.3 Å². The fourth-order valence-electron chi connectivity index (χ4n) is 2.66. The molecule has 0 unspecified atom stereocenters. The summed E-state index contributed by atoms with van der Waals surface area (Å²) in [5.74, 6) is 0.231. The van der Waals surface area contributed by atoms with Crippen LogP contribution < -0.4 is 4.74 Å². The molecule has 2 heteroatoms. The fourth-order valence-corrected chi connectivity index (χ4v) is 2.66. The zero-order valence-electron chi connectivity index (χ0n) is 14.8. The quantitative estimate of drug-likeness (QED) is 0.443. The molecule has 0 atom stereocenters. The molecule has 0 aliphatic heterocycles. The first-order chi connectivity index (χ1) is 11.9. The van der Waals surface area contributed by atoms with Crippen molar-refractivity contribution in [1.29, 1.82) is 0 Å². The van der Waals surface area contributed by atoms with Crippen molar-refractivity contribution in [2.75, 3.05) is 0 Å². The van der Waals surface area contributed by atoms with E-state index in [1.54, 1.807) is 12.1 Å². The number of hydrogen-bond acceptors (Lipinski definition) is 2. The van der Waals surface area contributed by atoms with Crippen molar-refractivity contribution < 1.29 is 9.53 Å². The van der Waals surface area contributed by atoms with Gasteiger partial charge in [0, 0.05) is 5.56 Å². The van der Waals surface area contributed by atoms with Gasteiger partial charge < -0.3 is 4.74 Å². The van der Waals surface area contributed by atoms with Crippen LogP contribution >= 0.6 is 0 Å². The Morgan fingerprint density at radius 2 is 1.40 bits per heavy atom. The third-order valence-electron chi connectivity index (χ3n) is 4.14. The van der Waals surface area contributed by atoms with Gasteiger partial charge in [0.25, 0.3) is 0 Å². The predicted molar refractivity (Wildman–Crippen MR) is 102 cm³/mol. The first-order valence-electron chi connectivity index (χ1n) is 8.42. The smallest absolute Gasteiger partial charge is 0.343 e. The molecule has 0 heterocycles. The van der Waals surface area contributed by atoms with Gasteiger partial charge in [0.15, 0.2) is 0 Å². The summed E-state index contributed by atoms with van der Waals surface area (Å²) < 4.78 is 5.71. The van der Waals surface area contributed by atoms with Crippen molar-refractivity contribution in [2.24, 2.45) is 0 Å². The van der Waals surface area contributed by atoms with Crippen molar-refractivity contribution in [3.63, 3.8) is 0 Å². The number of ether oxygens (including phenoxy) is 1. The molecule has 0 N–H and O–H groups in total. The highest BCUT2D eigenvalue weighted by Crippen LogP contribution is 2.35. The lowest BCUT2D eigenvalue weighted by molar-refractivity contribution is 0.0735. The second-order valence-corrected chi connectivity index (χ2v) is 7.08. The van der Waals surface area contributed by atoms with E-state index < -0.39 is 0 Å². The Kier molecular flexibility index (Phi) is 4.71. The van der Waals surface area contributed by atoms with Gasteiger partial charge in [-0.2, -0.15) is 0 Å². The van der Waals surface area contributed by atoms with Crippen molar-refractivity contribution in [1.82, 2.24) is 0 Å². The van der Waals surface area contributed by atoms with E-state index in [0.29, 0.717) is 11.3 Å². The molecule has 0 fully saturated rings. The van der Waals surface area contributed by atoms with Crippen LogP contribution in [0.15, 0.2) is 78.9 Å². The van der Waals surface area contributed by atoms with Gasteiger partial charge in [0.1, 0.15) is 5.75 Å². The molecule has 126 valence electrons. The predicted octanol–water partition coefficient (Wildman–Crippen LogP) is 5.87. The van der Waals surface area contributed by atoms with Crippen LogP contribution in [0.4, 0.5) is 0 Å². The molecule has 0 aliphatic rings. The van der Waals surface area contributed by atoms with E-state index in [-0.39, 0.29) is 11.4 Å². The number of carbonyl (C=O) groups excluding carboxylic acids is 1. The monoisotopic (exact) mass is 330 g/mol. The van der Waals surface area contributed by atoms with Crippen molar-refractivity contribution in [2.45, 2.75) is 26.2 Å². The Morgan fingerprint density at radius 3 is 2.00 bits per heavy atom. The van der Waals surface area contributed by atoms with Crippen LogP contribution in [0.1, 0.15) is 36.7 Å². The molecule has 0 aliphatic carbocycles. The van der Waals surface area contributed by atoms with Gasteiger partial charge >= 0.3 is 5.97 Å². The minimum atomic E-state index is -0.346. The highest BCUT2D eigenvalue weighted by Gasteiger charge is 2.18. The van der Waals surface area contributed by atoms with Gasteiger partial charge in [-0.3, -0.25) is 0 Å². The van der Waals surface area contributed by atoms with Crippen LogP contribution in [-0.4, -0.2) is 5.97 Å². The van der Waals surface area contributed by atoms with Gasteiger partial charge in [-0.15, -0.1) is 0 Å². The molecular weight excluding hydrogens is 308 g/mol. The second-order valence-electron chi connectivity index (χ2n) is 7.08. The van der Waals surface area contributed by atoms with Gasteiger partial charge in [-0.1, -0.05) is 75.4 Å². The third kappa shape index (κ3) is 3.97. The molecular formula is C23H22O2. The molecule has 3 aromatic rings. The standard InChI is InChI=1S/C23H22O2/c1-23(2,3)19-14-15-21(20(16-19)17-10-6-4-7-11-17)25-22(24)18-12-8-5-9-13-18/h4-16H,1-3H3. The Hall–Kier alpha value is -2.87. The number of benzene rings is 3.